The van der Waals surface area contributed by atoms with Crippen LogP contribution in [0.5, 0.6) is 0 Å². The third kappa shape index (κ3) is 2.60. The molecule has 1 aliphatic heterocycles. The highest BCUT2D eigenvalue weighted by Crippen LogP contribution is 2.29. The average Bonchev–Trinajstić information content (AvgIpc) is 2.33. The van der Waals surface area contributed by atoms with Crippen molar-refractivity contribution in [1.29, 1.82) is 0 Å². The number of esters is 1. The maximum Gasteiger partial charge on any atom is 0.325 e. The van der Waals surface area contributed by atoms with E-state index in [-0.39, 0.29) is 5.97 Å². The number of benzene rings is 1. The van der Waals surface area contributed by atoms with Gasteiger partial charge in [0.15, 0.2) is 0 Å². The number of carbonyl (C=O) groups excluding carboxylic acids is 1. The summed E-state index contributed by atoms with van der Waals surface area (Å²) < 4.78 is 5.03. The standard InChI is InChI=1S/C14H19NO2/c1-3-17-14(16)10-15-11(2)8-9-12-6-4-5-7-13(12)15/h4-7,11H,3,8-10H2,1-2H3. The Kier molecular flexibility index (Phi) is 3.67. The van der Waals surface area contributed by atoms with E-state index in [1.54, 1.807) is 0 Å². The van der Waals surface area contributed by atoms with Crippen molar-refractivity contribution in [3.63, 3.8) is 0 Å². The summed E-state index contributed by atoms with van der Waals surface area (Å²) in [5.41, 5.74) is 2.51. The fourth-order valence-electron chi connectivity index (χ4n) is 2.35. The summed E-state index contributed by atoms with van der Waals surface area (Å²) in [5.74, 6) is -0.143. The molecule has 17 heavy (non-hydrogen) atoms. The monoisotopic (exact) mass is 233 g/mol. The van der Waals surface area contributed by atoms with Crippen LogP contribution in [0.1, 0.15) is 25.8 Å². The van der Waals surface area contributed by atoms with Crippen molar-refractivity contribution in [2.24, 2.45) is 0 Å². The van der Waals surface area contributed by atoms with Gasteiger partial charge in [-0.1, -0.05) is 18.2 Å². The highest BCUT2D eigenvalue weighted by atomic mass is 16.5. The second-order valence-electron chi connectivity index (χ2n) is 4.45. The molecule has 0 N–H and O–H groups in total. The van der Waals surface area contributed by atoms with Crippen LogP contribution >= 0.6 is 0 Å². The van der Waals surface area contributed by atoms with Crippen LogP contribution in [-0.2, 0) is 16.0 Å². The quantitative estimate of drug-likeness (QED) is 0.751. The molecule has 1 aromatic carbocycles. The molecule has 0 spiro atoms. The number of anilines is 1. The Morgan fingerprint density at radius 3 is 3.00 bits per heavy atom. The van der Waals surface area contributed by atoms with Crippen LogP contribution < -0.4 is 4.90 Å². The number of fused-ring (bicyclic) bond motifs is 1. The van der Waals surface area contributed by atoms with Crippen LogP contribution in [0.2, 0.25) is 0 Å². The summed E-state index contributed by atoms with van der Waals surface area (Å²) in [6.45, 7) is 4.80. The Morgan fingerprint density at radius 1 is 1.47 bits per heavy atom. The number of nitrogens with zero attached hydrogens (tertiary/aromatic N) is 1. The Morgan fingerprint density at radius 2 is 2.24 bits per heavy atom. The summed E-state index contributed by atoms with van der Waals surface area (Å²) in [4.78, 5) is 13.8. The van der Waals surface area contributed by atoms with E-state index < -0.39 is 0 Å². The summed E-state index contributed by atoms with van der Waals surface area (Å²) >= 11 is 0. The number of hydrogen-bond donors (Lipinski definition) is 0. The van der Waals surface area contributed by atoms with Crippen molar-refractivity contribution >= 4 is 11.7 Å². The zero-order valence-corrected chi connectivity index (χ0v) is 10.5. The van der Waals surface area contributed by atoms with Crippen molar-refractivity contribution in [3.05, 3.63) is 29.8 Å². The minimum absolute atomic E-state index is 0.143. The van der Waals surface area contributed by atoms with Crippen LogP contribution in [0.25, 0.3) is 0 Å². The van der Waals surface area contributed by atoms with E-state index in [9.17, 15) is 4.79 Å². The van der Waals surface area contributed by atoms with E-state index in [4.69, 9.17) is 4.74 Å². The van der Waals surface area contributed by atoms with Crippen LogP contribution in [0.15, 0.2) is 24.3 Å². The second-order valence-corrected chi connectivity index (χ2v) is 4.45. The minimum Gasteiger partial charge on any atom is -0.465 e. The topological polar surface area (TPSA) is 29.5 Å². The van der Waals surface area contributed by atoms with Crippen LogP contribution in [0.4, 0.5) is 5.69 Å². The molecule has 0 fully saturated rings. The Hall–Kier alpha value is -1.51. The molecule has 0 saturated carbocycles. The third-order valence-electron chi connectivity index (χ3n) is 3.27. The molecule has 0 aromatic heterocycles. The molecule has 3 heteroatoms. The van der Waals surface area contributed by atoms with Crippen LogP contribution in [-0.4, -0.2) is 25.2 Å². The normalized spacial score (nSPS) is 18.7. The lowest BCUT2D eigenvalue weighted by Crippen LogP contribution is -2.41. The van der Waals surface area contributed by atoms with Gasteiger partial charge in [-0.2, -0.15) is 0 Å². The molecule has 0 aliphatic carbocycles. The lowest BCUT2D eigenvalue weighted by molar-refractivity contribution is -0.141. The van der Waals surface area contributed by atoms with E-state index in [0.29, 0.717) is 19.2 Å². The van der Waals surface area contributed by atoms with Gasteiger partial charge in [0.25, 0.3) is 0 Å². The molecule has 0 bridgehead atoms. The zero-order chi connectivity index (χ0) is 12.3. The molecule has 1 aromatic rings. The number of para-hydroxylation sites is 1. The molecule has 1 aliphatic rings. The van der Waals surface area contributed by atoms with Crippen molar-refractivity contribution in [3.8, 4) is 0 Å². The van der Waals surface area contributed by atoms with Crippen molar-refractivity contribution in [2.75, 3.05) is 18.1 Å². The maximum atomic E-state index is 11.6. The maximum absolute atomic E-state index is 11.6. The SMILES string of the molecule is CCOC(=O)CN1c2ccccc2CCC1C. The van der Waals surface area contributed by atoms with Gasteiger partial charge in [0.1, 0.15) is 6.54 Å². The zero-order valence-electron chi connectivity index (χ0n) is 10.5. The smallest absolute Gasteiger partial charge is 0.325 e. The molecule has 1 atom stereocenters. The number of ether oxygens (including phenoxy) is 1. The predicted octanol–water partition coefficient (Wildman–Crippen LogP) is 2.39. The predicted molar refractivity (Wildman–Crippen MR) is 68.2 cm³/mol. The number of hydrogen-bond acceptors (Lipinski definition) is 3. The molecule has 1 unspecified atom stereocenters. The van der Waals surface area contributed by atoms with E-state index in [1.165, 1.54) is 11.3 Å². The van der Waals surface area contributed by atoms with Crippen molar-refractivity contribution in [1.82, 2.24) is 0 Å². The fraction of sp³-hybridized carbons (Fsp3) is 0.500. The van der Waals surface area contributed by atoms with Gasteiger partial charge in [0.05, 0.1) is 6.61 Å². The molecular weight excluding hydrogens is 214 g/mol. The second kappa shape index (κ2) is 5.21. The molecule has 3 nitrogen and oxygen atoms in total. The van der Waals surface area contributed by atoms with Gasteiger partial charge in [0.2, 0.25) is 0 Å². The molecule has 0 saturated heterocycles. The lowest BCUT2D eigenvalue weighted by Gasteiger charge is -2.36. The number of aryl methyl sites for hydroxylation is 1. The first kappa shape index (κ1) is 12.0. The van der Waals surface area contributed by atoms with Gasteiger partial charge >= 0.3 is 5.97 Å². The van der Waals surface area contributed by atoms with E-state index in [2.05, 4.69) is 30.0 Å². The molecule has 2 rings (SSSR count). The Labute approximate surface area is 102 Å². The summed E-state index contributed by atoms with van der Waals surface area (Å²) in [6.07, 6.45) is 2.19. The van der Waals surface area contributed by atoms with Crippen molar-refractivity contribution < 1.29 is 9.53 Å². The van der Waals surface area contributed by atoms with Gasteiger partial charge < -0.3 is 9.64 Å². The average molecular weight is 233 g/mol. The van der Waals surface area contributed by atoms with Gasteiger partial charge in [0, 0.05) is 11.7 Å². The fourth-order valence-corrected chi connectivity index (χ4v) is 2.35. The highest BCUT2D eigenvalue weighted by molar-refractivity contribution is 5.77. The van der Waals surface area contributed by atoms with E-state index in [1.807, 2.05) is 13.0 Å². The van der Waals surface area contributed by atoms with E-state index in [0.717, 1.165) is 12.8 Å². The third-order valence-corrected chi connectivity index (χ3v) is 3.27. The number of rotatable bonds is 3. The summed E-state index contributed by atoms with van der Waals surface area (Å²) in [7, 11) is 0. The van der Waals surface area contributed by atoms with Crippen LogP contribution in [0, 0.1) is 0 Å². The molecule has 1 heterocycles. The molecule has 0 radical (unpaired) electrons. The van der Waals surface area contributed by atoms with Gasteiger partial charge in [-0.3, -0.25) is 4.79 Å². The first-order valence-electron chi connectivity index (χ1n) is 6.22. The van der Waals surface area contributed by atoms with Gasteiger partial charge in [-0.15, -0.1) is 0 Å². The number of carbonyl (C=O) groups is 1. The summed E-state index contributed by atoms with van der Waals surface area (Å²) in [6, 6.07) is 8.70. The largest absolute Gasteiger partial charge is 0.465 e. The van der Waals surface area contributed by atoms with Crippen LogP contribution in [0.3, 0.4) is 0 Å². The van der Waals surface area contributed by atoms with Gasteiger partial charge in [-0.05, 0) is 38.3 Å². The highest BCUT2D eigenvalue weighted by Gasteiger charge is 2.24. The first-order valence-corrected chi connectivity index (χ1v) is 6.22. The van der Waals surface area contributed by atoms with Gasteiger partial charge in [-0.25, -0.2) is 0 Å². The molecule has 92 valence electrons. The molecular formula is C14H19NO2. The van der Waals surface area contributed by atoms with E-state index >= 15 is 0 Å². The molecule has 0 amide bonds. The summed E-state index contributed by atoms with van der Waals surface area (Å²) in [5, 5.41) is 0. The van der Waals surface area contributed by atoms with Crippen molar-refractivity contribution in [2.45, 2.75) is 32.7 Å². The first-order chi connectivity index (χ1) is 8.22. The Balaban J connectivity index is 2.18. The Bertz CT molecular complexity index is 403. The lowest BCUT2D eigenvalue weighted by atomic mass is 9.97. The minimum atomic E-state index is -0.143.